The molecule has 0 aromatic rings. The predicted molar refractivity (Wildman–Crippen MR) is 91.2 cm³/mol. The Balaban J connectivity index is 1.80. The number of carbonyl (C=O) groups excluding carboxylic acids is 4. The molecule has 3 fully saturated rings. The number of likely N-dealkylation sites (tertiary alicyclic amines) is 1. The van der Waals surface area contributed by atoms with Gasteiger partial charge >= 0.3 is 0 Å². The van der Waals surface area contributed by atoms with Gasteiger partial charge in [-0.05, 0) is 65.5 Å². The molecule has 1 heterocycles. The summed E-state index contributed by atoms with van der Waals surface area (Å²) in [7, 11) is 3.69. The molecule has 0 aromatic heterocycles. The third-order valence-electron chi connectivity index (χ3n) is 6.50. The Morgan fingerprint density at radius 3 is 1.60 bits per heavy atom. The highest BCUT2D eigenvalue weighted by Crippen LogP contribution is 2.51. The van der Waals surface area contributed by atoms with Gasteiger partial charge in [0.05, 0.1) is 18.5 Å². The minimum Gasteiger partial charge on any atom is -0.300 e. The van der Waals surface area contributed by atoms with Gasteiger partial charge in [-0.1, -0.05) is 0 Å². The fraction of sp³-hybridized carbons (Fsp3) is 0.789. The molecule has 3 aliphatic rings. The molecule has 138 valence electrons. The van der Waals surface area contributed by atoms with E-state index in [1.807, 2.05) is 19.0 Å². The minimum absolute atomic E-state index is 0.0600. The molecule has 6 nitrogen and oxygen atoms in total. The molecular weight excluding hydrogens is 320 g/mol. The Bertz CT molecular complexity index is 567. The largest absolute Gasteiger partial charge is 0.300 e. The summed E-state index contributed by atoms with van der Waals surface area (Å²) in [4.78, 5) is 52.7. The quantitative estimate of drug-likeness (QED) is 0.717. The molecular formula is C19H28N2O4. The highest BCUT2D eigenvalue weighted by Gasteiger charge is 2.55. The van der Waals surface area contributed by atoms with E-state index in [0.717, 1.165) is 0 Å². The van der Waals surface area contributed by atoms with Crippen LogP contribution >= 0.6 is 0 Å². The summed E-state index contributed by atoms with van der Waals surface area (Å²) >= 11 is 0. The summed E-state index contributed by atoms with van der Waals surface area (Å²) < 4.78 is 0. The second kappa shape index (κ2) is 6.63. The van der Waals surface area contributed by atoms with Crippen molar-refractivity contribution in [3.05, 3.63) is 0 Å². The number of hydrogen-bond donors (Lipinski definition) is 0. The van der Waals surface area contributed by atoms with Crippen molar-refractivity contribution in [2.75, 3.05) is 20.8 Å². The van der Waals surface area contributed by atoms with Crippen LogP contribution in [0.5, 0.6) is 0 Å². The average Bonchev–Trinajstić information content (AvgIpc) is 2.75. The van der Waals surface area contributed by atoms with Gasteiger partial charge in [-0.2, -0.15) is 0 Å². The standard InChI is InChI=1S/C19H28N2O4/c1-10(22)14-5-12-7-16-17(8-13(12)6-15(14)11(2)23)19(25)21(18(16)24)9-20(3)4/h12-17H,5-9H2,1-4H3. The molecule has 3 rings (SSSR count). The van der Waals surface area contributed by atoms with Crippen molar-refractivity contribution in [3.8, 4) is 0 Å². The first-order valence-electron chi connectivity index (χ1n) is 9.21. The Morgan fingerprint density at radius 2 is 1.28 bits per heavy atom. The monoisotopic (exact) mass is 348 g/mol. The number of fused-ring (bicyclic) bond motifs is 2. The molecule has 2 saturated carbocycles. The van der Waals surface area contributed by atoms with Gasteiger partial charge in [0.1, 0.15) is 11.6 Å². The Kier molecular flexibility index (Phi) is 4.84. The van der Waals surface area contributed by atoms with Gasteiger partial charge < -0.3 is 0 Å². The number of amides is 2. The van der Waals surface area contributed by atoms with Crippen molar-refractivity contribution in [3.63, 3.8) is 0 Å². The Morgan fingerprint density at radius 1 is 0.880 bits per heavy atom. The lowest BCUT2D eigenvalue weighted by Crippen LogP contribution is -2.43. The molecule has 0 spiro atoms. The van der Waals surface area contributed by atoms with Crippen molar-refractivity contribution in [1.29, 1.82) is 0 Å². The van der Waals surface area contributed by atoms with Gasteiger partial charge in [0.2, 0.25) is 11.8 Å². The molecule has 0 bridgehead atoms. The number of rotatable bonds is 4. The second-order valence-electron chi connectivity index (χ2n) is 8.44. The van der Waals surface area contributed by atoms with E-state index in [9.17, 15) is 19.2 Å². The van der Waals surface area contributed by atoms with Gasteiger partial charge in [-0.3, -0.25) is 29.0 Å². The lowest BCUT2D eigenvalue weighted by Gasteiger charge is -2.44. The van der Waals surface area contributed by atoms with Crippen LogP contribution < -0.4 is 0 Å². The van der Waals surface area contributed by atoms with Gasteiger partial charge in [0, 0.05) is 11.8 Å². The lowest BCUT2D eigenvalue weighted by atomic mass is 9.58. The van der Waals surface area contributed by atoms with Gasteiger partial charge in [-0.25, -0.2) is 0 Å². The fourth-order valence-corrected chi connectivity index (χ4v) is 5.30. The molecule has 6 heteroatoms. The third-order valence-corrected chi connectivity index (χ3v) is 6.50. The summed E-state index contributed by atoms with van der Waals surface area (Å²) in [5, 5.41) is 0. The van der Waals surface area contributed by atoms with Crippen LogP contribution in [0.25, 0.3) is 0 Å². The molecule has 2 amide bonds. The summed E-state index contributed by atoms with van der Waals surface area (Å²) in [6, 6.07) is 0. The molecule has 0 aromatic carbocycles. The topological polar surface area (TPSA) is 74.8 Å². The number of carbonyl (C=O) groups is 4. The van der Waals surface area contributed by atoms with Crippen molar-refractivity contribution in [1.82, 2.24) is 9.80 Å². The zero-order valence-corrected chi connectivity index (χ0v) is 15.5. The molecule has 1 saturated heterocycles. The number of hydrogen-bond acceptors (Lipinski definition) is 5. The van der Waals surface area contributed by atoms with Crippen LogP contribution in [0.4, 0.5) is 0 Å². The van der Waals surface area contributed by atoms with E-state index in [4.69, 9.17) is 0 Å². The van der Waals surface area contributed by atoms with E-state index in [-0.39, 0.29) is 58.9 Å². The molecule has 6 atom stereocenters. The molecule has 2 aliphatic carbocycles. The fourth-order valence-electron chi connectivity index (χ4n) is 5.30. The molecule has 0 radical (unpaired) electrons. The summed E-state index contributed by atoms with van der Waals surface area (Å²) in [6.45, 7) is 3.46. The van der Waals surface area contributed by atoms with E-state index in [2.05, 4.69) is 0 Å². The number of Topliss-reactive ketones (excluding diaryl/α,β-unsaturated/α-hetero) is 2. The lowest BCUT2D eigenvalue weighted by molar-refractivity contribution is -0.142. The number of ketones is 2. The minimum atomic E-state index is -0.241. The van der Waals surface area contributed by atoms with E-state index in [1.165, 1.54) is 4.90 Å². The molecule has 25 heavy (non-hydrogen) atoms. The summed E-state index contributed by atoms with van der Waals surface area (Å²) in [5.41, 5.74) is 0. The Hall–Kier alpha value is -1.56. The first-order chi connectivity index (χ1) is 11.7. The number of imide groups is 1. The SMILES string of the molecule is CC(=O)C1CC2CC3C(=O)N(CN(C)C)C(=O)C3CC2CC1C(C)=O. The zero-order valence-electron chi connectivity index (χ0n) is 15.5. The van der Waals surface area contributed by atoms with Crippen LogP contribution in [0.15, 0.2) is 0 Å². The first-order valence-corrected chi connectivity index (χ1v) is 9.21. The second-order valence-corrected chi connectivity index (χ2v) is 8.44. The normalized spacial score (nSPS) is 37.9. The van der Waals surface area contributed by atoms with E-state index in [1.54, 1.807) is 13.8 Å². The van der Waals surface area contributed by atoms with E-state index < -0.39 is 0 Å². The summed E-state index contributed by atoms with van der Waals surface area (Å²) in [5.74, 6) is -0.368. The van der Waals surface area contributed by atoms with E-state index in [0.29, 0.717) is 32.4 Å². The maximum absolute atomic E-state index is 12.7. The van der Waals surface area contributed by atoms with Crippen LogP contribution in [0.2, 0.25) is 0 Å². The van der Waals surface area contributed by atoms with Crippen LogP contribution in [-0.4, -0.2) is 53.9 Å². The maximum Gasteiger partial charge on any atom is 0.234 e. The smallest absolute Gasteiger partial charge is 0.234 e. The predicted octanol–water partition coefficient (Wildman–Crippen LogP) is 1.34. The number of nitrogens with zero attached hydrogens (tertiary/aromatic N) is 2. The average molecular weight is 348 g/mol. The highest BCUT2D eigenvalue weighted by molar-refractivity contribution is 6.05. The first kappa shape index (κ1) is 18.2. The van der Waals surface area contributed by atoms with Gasteiger partial charge in [0.15, 0.2) is 0 Å². The molecule has 6 unspecified atom stereocenters. The van der Waals surface area contributed by atoms with Gasteiger partial charge in [0.25, 0.3) is 0 Å². The van der Waals surface area contributed by atoms with Crippen LogP contribution in [0.3, 0.4) is 0 Å². The maximum atomic E-state index is 12.7. The van der Waals surface area contributed by atoms with Crippen molar-refractivity contribution >= 4 is 23.4 Å². The molecule has 0 N–H and O–H groups in total. The van der Waals surface area contributed by atoms with E-state index >= 15 is 0 Å². The van der Waals surface area contributed by atoms with Gasteiger partial charge in [-0.15, -0.1) is 0 Å². The van der Waals surface area contributed by atoms with Crippen LogP contribution in [-0.2, 0) is 19.2 Å². The highest BCUT2D eigenvalue weighted by atomic mass is 16.2. The molecule has 1 aliphatic heterocycles. The zero-order chi connectivity index (χ0) is 18.5. The summed E-state index contributed by atoms with van der Waals surface area (Å²) in [6.07, 6.45) is 2.72. The Labute approximate surface area is 148 Å². The third kappa shape index (κ3) is 3.16. The van der Waals surface area contributed by atoms with Crippen molar-refractivity contribution in [2.45, 2.75) is 39.5 Å². The van der Waals surface area contributed by atoms with Crippen LogP contribution in [0, 0.1) is 35.5 Å². The van der Waals surface area contributed by atoms with Crippen molar-refractivity contribution in [2.24, 2.45) is 35.5 Å². The van der Waals surface area contributed by atoms with Crippen LogP contribution in [0.1, 0.15) is 39.5 Å². The van der Waals surface area contributed by atoms with Crippen molar-refractivity contribution < 1.29 is 19.2 Å².